The fraction of sp³-hybridized carbons (Fsp3) is 0.133. The van der Waals surface area contributed by atoms with Crippen LogP contribution in [0, 0.1) is 29.7 Å². The van der Waals surface area contributed by atoms with Gasteiger partial charge >= 0.3 is 97.8 Å². The number of aromatic nitrogens is 2. The van der Waals surface area contributed by atoms with Gasteiger partial charge in [0.2, 0.25) is 11.4 Å². The molecule has 210 valence electrons. The number of halogens is 2. The van der Waals surface area contributed by atoms with E-state index in [1.807, 2.05) is 82.5 Å². The van der Waals surface area contributed by atoms with Crippen LogP contribution >= 0.6 is 0 Å². The summed E-state index contributed by atoms with van der Waals surface area (Å²) in [5.74, 6) is 0. The van der Waals surface area contributed by atoms with Gasteiger partial charge in [-0.3, -0.25) is 0 Å². The maximum absolute atomic E-state index is 10.8. The van der Waals surface area contributed by atoms with E-state index in [1.165, 1.54) is 0 Å². The van der Waals surface area contributed by atoms with E-state index < -0.39 is 12.6 Å². The summed E-state index contributed by atoms with van der Waals surface area (Å²) in [4.78, 5) is 0. The van der Waals surface area contributed by atoms with Crippen molar-refractivity contribution >= 4 is 97.8 Å². The number of hydrogen-bond donors (Lipinski definition) is 0. The molecule has 0 amide bonds. The van der Waals surface area contributed by atoms with Crippen LogP contribution in [0.25, 0.3) is 22.5 Å². The third kappa shape index (κ3) is 14.7. The molecule has 2 heterocycles. The SMILES string of the molecule is [Ba+2].[Ba+2].[CH3-].[CH3-].[CH3-].[CH3-].[Cl-].[Cl-].[O-]C([O-])Cc1ccc(-[n+]2ccc(-c3cc[n+](-c4ccc(CC([O-])[O-])cc4)cc3)cc2)cc1. The van der Waals surface area contributed by atoms with Crippen molar-refractivity contribution in [2.24, 2.45) is 0 Å². The standard InChI is InChI=1S/C26H22N2O4.4CH3.2Ba.2ClH/c29-25(30)17-19-1-5-23(6-2-19)27-13-9-21(10-14-27)22-11-15-28(16-12-22)24-7-3-20(4-8-24)18-26(31)32;;;;;;;;/h1-16,25-26H,17-18H2;4*1H3;;;2*1H/q-2;4*-1;2*+2;;/p-2. The third-order valence-corrected chi connectivity index (χ3v) is 5.27. The molecule has 0 bridgehead atoms. The molecule has 2 aromatic heterocycles. The molecule has 0 aliphatic heterocycles. The van der Waals surface area contributed by atoms with Gasteiger partial charge in [0.1, 0.15) is 0 Å². The zero-order valence-corrected chi connectivity index (χ0v) is 33.9. The van der Waals surface area contributed by atoms with Crippen LogP contribution in [-0.2, 0) is 12.8 Å². The maximum atomic E-state index is 10.8. The molecule has 0 radical (unpaired) electrons. The van der Waals surface area contributed by atoms with E-state index in [1.54, 1.807) is 24.3 Å². The van der Waals surface area contributed by atoms with Gasteiger partial charge in [-0.1, -0.05) is 37.1 Å². The fourth-order valence-corrected chi connectivity index (χ4v) is 3.58. The minimum atomic E-state index is -1.84. The molecule has 40 heavy (non-hydrogen) atoms. The van der Waals surface area contributed by atoms with Crippen LogP contribution in [0.2, 0.25) is 0 Å². The molecule has 0 spiro atoms. The second kappa shape index (κ2) is 24.7. The van der Waals surface area contributed by atoms with Crippen molar-refractivity contribution in [3.05, 3.63) is 138 Å². The minimum Gasteiger partial charge on any atom is -1.00 e. The molecule has 0 aliphatic rings. The van der Waals surface area contributed by atoms with Crippen LogP contribution in [0.4, 0.5) is 0 Å². The Balaban J connectivity index is -0.000000510. The summed E-state index contributed by atoms with van der Waals surface area (Å²) in [6, 6.07) is 22.9. The Bertz CT molecular complexity index is 1070. The first-order chi connectivity index (χ1) is 15.5. The Hall–Kier alpha value is 0.303. The van der Waals surface area contributed by atoms with E-state index in [0.717, 1.165) is 33.6 Å². The van der Waals surface area contributed by atoms with Crippen LogP contribution in [0.5, 0.6) is 0 Å². The summed E-state index contributed by atoms with van der Waals surface area (Å²) >= 11 is 0. The van der Waals surface area contributed by atoms with Crippen molar-refractivity contribution in [2.75, 3.05) is 0 Å². The third-order valence-electron chi connectivity index (χ3n) is 5.27. The molecule has 0 N–H and O–H groups in total. The molecule has 0 saturated carbocycles. The van der Waals surface area contributed by atoms with Crippen molar-refractivity contribution in [1.82, 2.24) is 0 Å². The van der Waals surface area contributed by atoms with E-state index in [0.29, 0.717) is 0 Å². The Labute approximate surface area is 333 Å². The van der Waals surface area contributed by atoms with Gasteiger partial charge in [0, 0.05) is 48.5 Å². The van der Waals surface area contributed by atoms with E-state index in [9.17, 15) is 20.4 Å². The zero-order chi connectivity index (χ0) is 22.5. The molecule has 0 aliphatic carbocycles. The van der Waals surface area contributed by atoms with Crippen molar-refractivity contribution in [1.29, 1.82) is 0 Å². The number of hydrogen-bond acceptors (Lipinski definition) is 4. The first-order valence-corrected chi connectivity index (χ1v) is 10.3. The van der Waals surface area contributed by atoms with Gasteiger partial charge < -0.3 is 74.9 Å². The number of benzene rings is 2. The number of pyridine rings is 2. The molecule has 0 unspecified atom stereocenters. The summed E-state index contributed by atoms with van der Waals surface area (Å²) in [7, 11) is 0. The van der Waals surface area contributed by atoms with Crippen LogP contribution < -0.4 is 54.4 Å². The normalized spacial score (nSPS) is 9.05. The van der Waals surface area contributed by atoms with Gasteiger partial charge in [-0.25, -0.2) is 12.6 Å². The summed E-state index contributed by atoms with van der Waals surface area (Å²) in [6.07, 6.45) is 4.16. The average molecular weight is 832 g/mol. The first-order valence-electron chi connectivity index (χ1n) is 10.3. The van der Waals surface area contributed by atoms with Gasteiger partial charge in [0.05, 0.1) is 0 Å². The minimum absolute atomic E-state index is 0. The summed E-state index contributed by atoms with van der Waals surface area (Å²) in [5, 5.41) is 43.2. The number of rotatable bonds is 7. The van der Waals surface area contributed by atoms with Crippen molar-refractivity contribution in [2.45, 2.75) is 25.4 Å². The van der Waals surface area contributed by atoms with Crippen LogP contribution in [0.3, 0.4) is 0 Å². The Morgan fingerprint density at radius 3 is 0.925 bits per heavy atom. The molecule has 6 nitrogen and oxygen atoms in total. The smallest absolute Gasteiger partial charge is 1.00 e. The predicted molar refractivity (Wildman–Crippen MR) is 147 cm³/mol. The van der Waals surface area contributed by atoms with E-state index in [-0.39, 0.29) is 165 Å². The first kappa shape index (κ1) is 50.0. The predicted octanol–water partition coefficient (Wildman–Crippen LogP) is -5.87. The summed E-state index contributed by atoms with van der Waals surface area (Å²) in [5.41, 5.74) is 5.52. The molecular formula is C30H34Ba2Cl2N2O4-4. The average Bonchev–Trinajstić information content (AvgIpc) is 2.80. The Morgan fingerprint density at radius 2 is 0.700 bits per heavy atom. The van der Waals surface area contributed by atoms with Crippen LogP contribution in [-0.4, -0.2) is 110 Å². The molecule has 0 saturated heterocycles. The van der Waals surface area contributed by atoms with Gasteiger partial charge in [-0.2, -0.15) is 9.13 Å². The molecule has 0 atom stereocenters. The van der Waals surface area contributed by atoms with Crippen LogP contribution in [0.1, 0.15) is 11.1 Å². The van der Waals surface area contributed by atoms with E-state index in [2.05, 4.69) is 0 Å². The second-order valence-electron chi connectivity index (χ2n) is 7.59. The van der Waals surface area contributed by atoms with Crippen LogP contribution in [0.15, 0.2) is 97.6 Å². The summed E-state index contributed by atoms with van der Waals surface area (Å²) in [6.45, 7) is 0. The van der Waals surface area contributed by atoms with Gasteiger partial charge in [-0.05, 0) is 22.3 Å². The molecule has 2 aromatic carbocycles. The Kier molecular flexibility index (Phi) is 30.9. The monoisotopic (exact) mass is 832 g/mol. The van der Waals surface area contributed by atoms with Gasteiger partial charge in [-0.15, -0.1) is 0 Å². The molecule has 4 aromatic rings. The van der Waals surface area contributed by atoms with Crippen molar-refractivity contribution in [3.63, 3.8) is 0 Å². The largest absolute Gasteiger partial charge is 2.00 e. The topological polar surface area (TPSA) is 100 Å². The molecular weight excluding hydrogens is 798 g/mol. The van der Waals surface area contributed by atoms with E-state index in [4.69, 9.17) is 0 Å². The Morgan fingerprint density at radius 1 is 0.450 bits per heavy atom. The van der Waals surface area contributed by atoms with Gasteiger partial charge in [0.25, 0.3) is 0 Å². The quantitative estimate of drug-likeness (QED) is 0.0803. The van der Waals surface area contributed by atoms with E-state index >= 15 is 0 Å². The number of nitrogens with zero attached hydrogens (tertiary/aromatic N) is 2. The zero-order valence-electron chi connectivity index (χ0n) is 23.5. The van der Waals surface area contributed by atoms with Crippen molar-refractivity contribution < 1.29 is 54.4 Å². The van der Waals surface area contributed by atoms with Gasteiger partial charge in [0.15, 0.2) is 24.8 Å². The van der Waals surface area contributed by atoms with Crippen molar-refractivity contribution in [3.8, 4) is 22.5 Å². The fourth-order valence-electron chi connectivity index (χ4n) is 3.58. The molecule has 0 fully saturated rings. The molecule has 10 heteroatoms. The second-order valence-corrected chi connectivity index (χ2v) is 7.59. The summed E-state index contributed by atoms with van der Waals surface area (Å²) < 4.78 is 3.94. The molecule has 4 rings (SSSR count). The maximum Gasteiger partial charge on any atom is 2.00 e.